The summed E-state index contributed by atoms with van der Waals surface area (Å²) in [7, 11) is 0. The van der Waals surface area contributed by atoms with Crippen LogP contribution in [0.4, 0.5) is 4.79 Å². The number of rotatable bonds is 6. The third-order valence-corrected chi connectivity index (χ3v) is 5.37. The number of carbonyl (C=O) groups excluding carboxylic acids is 1. The van der Waals surface area contributed by atoms with Crippen LogP contribution in [-0.2, 0) is 16.0 Å². The monoisotopic (exact) mass is 418 g/mol. The van der Waals surface area contributed by atoms with Crippen molar-refractivity contribution in [1.82, 2.24) is 10.2 Å². The van der Waals surface area contributed by atoms with Crippen LogP contribution in [0.3, 0.4) is 0 Å². The van der Waals surface area contributed by atoms with Crippen LogP contribution >= 0.6 is 0 Å². The van der Waals surface area contributed by atoms with E-state index in [1.165, 1.54) is 0 Å². The average molecular weight is 418 g/mol. The van der Waals surface area contributed by atoms with Crippen molar-refractivity contribution in [3.8, 4) is 23.4 Å². The van der Waals surface area contributed by atoms with Crippen LogP contribution in [0.15, 0.2) is 48.5 Å². The quantitative estimate of drug-likeness (QED) is 0.549. The van der Waals surface area contributed by atoms with Crippen molar-refractivity contribution in [1.29, 1.82) is 10.5 Å². The SMILES string of the molecule is N#Cc1cccc(-c2ccc(CCN(C#N)C(=O)C3(NC(=O)O)CCOCC3)cc2)c1. The molecule has 2 N–H and O–H groups in total. The van der Waals surface area contributed by atoms with Crippen molar-refractivity contribution < 1.29 is 19.4 Å². The molecule has 2 aromatic carbocycles. The molecule has 0 atom stereocenters. The number of nitrogens with zero attached hydrogens (tertiary/aromatic N) is 3. The summed E-state index contributed by atoms with van der Waals surface area (Å²) in [5.41, 5.74) is 2.07. The minimum Gasteiger partial charge on any atom is -0.465 e. The second-order valence-electron chi connectivity index (χ2n) is 7.32. The fraction of sp³-hybridized carbons (Fsp3) is 0.304. The molecular formula is C23H22N4O4. The van der Waals surface area contributed by atoms with Crippen LogP contribution in [0.1, 0.15) is 24.0 Å². The van der Waals surface area contributed by atoms with E-state index in [4.69, 9.17) is 10.00 Å². The third-order valence-electron chi connectivity index (χ3n) is 5.37. The molecule has 3 rings (SSSR count). The molecule has 8 nitrogen and oxygen atoms in total. The number of benzene rings is 2. The third kappa shape index (κ3) is 5.19. The summed E-state index contributed by atoms with van der Waals surface area (Å²) in [6, 6.07) is 17.1. The Kier molecular flexibility index (Phi) is 6.86. The van der Waals surface area contributed by atoms with Gasteiger partial charge < -0.3 is 15.2 Å². The van der Waals surface area contributed by atoms with E-state index < -0.39 is 17.5 Å². The molecule has 2 aromatic rings. The molecule has 1 heterocycles. The van der Waals surface area contributed by atoms with E-state index in [0.717, 1.165) is 21.6 Å². The first-order valence-electron chi connectivity index (χ1n) is 9.87. The lowest BCUT2D eigenvalue weighted by Crippen LogP contribution is -2.61. The summed E-state index contributed by atoms with van der Waals surface area (Å²) in [6.07, 6.45) is 1.41. The topological polar surface area (TPSA) is 126 Å². The first-order chi connectivity index (χ1) is 15.0. The van der Waals surface area contributed by atoms with Gasteiger partial charge >= 0.3 is 6.09 Å². The molecule has 0 spiro atoms. The predicted octanol–water partition coefficient (Wildman–Crippen LogP) is 2.89. The molecule has 1 aliphatic heterocycles. The van der Waals surface area contributed by atoms with Crippen LogP contribution in [0.2, 0.25) is 0 Å². The molecule has 1 fully saturated rings. The normalized spacial score (nSPS) is 14.6. The summed E-state index contributed by atoms with van der Waals surface area (Å²) in [4.78, 5) is 25.3. The highest BCUT2D eigenvalue weighted by atomic mass is 16.5. The molecule has 0 radical (unpaired) electrons. The summed E-state index contributed by atoms with van der Waals surface area (Å²) < 4.78 is 5.26. The van der Waals surface area contributed by atoms with Gasteiger partial charge in [-0.3, -0.25) is 4.79 Å². The maximum Gasteiger partial charge on any atom is 0.405 e. The zero-order valence-electron chi connectivity index (χ0n) is 16.9. The zero-order valence-corrected chi connectivity index (χ0v) is 16.9. The lowest BCUT2D eigenvalue weighted by atomic mass is 9.88. The molecule has 0 unspecified atom stereocenters. The molecule has 1 saturated heterocycles. The van der Waals surface area contributed by atoms with Crippen molar-refractivity contribution in [2.24, 2.45) is 0 Å². The number of hydrogen-bond acceptors (Lipinski definition) is 5. The Morgan fingerprint density at radius 2 is 1.81 bits per heavy atom. The smallest absolute Gasteiger partial charge is 0.405 e. The fourth-order valence-electron chi connectivity index (χ4n) is 3.65. The van der Waals surface area contributed by atoms with Crippen LogP contribution in [0, 0.1) is 22.8 Å². The molecule has 2 amide bonds. The molecule has 0 saturated carbocycles. The van der Waals surface area contributed by atoms with Gasteiger partial charge in [0.2, 0.25) is 0 Å². The van der Waals surface area contributed by atoms with Gasteiger partial charge in [-0.15, -0.1) is 0 Å². The van der Waals surface area contributed by atoms with Gasteiger partial charge in [-0.05, 0) is 35.2 Å². The highest BCUT2D eigenvalue weighted by Gasteiger charge is 2.44. The number of carbonyl (C=O) groups is 2. The first kappa shape index (κ1) is 21.8. The lowest BCUT2D eigenvalue weighted by molar-refractivity contribution is -0.139. The summed E-state index contributed by atoms with van der Waals surface area (Å²) >= 11 is 0. The molecular weight excluding hydrogens is 396 g/mol. The van der Waals surface area contributed by atoms with Gasteiger partial charge in [0.1, 0.15) is 5.54 Å². The molecule has 0 aromatic heterocycles. The number of amides is 2. The van der Waals surface area contributed by atoms with Crippen LogP contribution < -0.4 is 5.32 Å². The maximum atomic E-state index is 13.0. The molecule has 0 bridgehead atoms. The van der Waals surface area contributed by atoms with Crippen molar-refractivity contribution in [2.45, 2.75) is 24.8 Å². The number of hydrogen-bond donors (Lipinski definition) is 2. The van der Waals surface area contributed by atoms with Crippen LogP contribution in [0.25, 0.3) is 11.1 Å². The van der Waals surface area contributed by atoms with Gasteiger partial charge in [-0.1, -0.05) is 36.4 Å². The largest absolute Gasteiger partial charge is 0.465 e. The number of carboxylic acid groups (broad SMARTS) is 1. The summed E-state index contributed by atoms with van der Waals surface area (Å²) in [5.74, 6) is -0.550. The van der Waals surface area contributed by atoms with Gasteiger partial charge in [0.25, 0.3) is 5.91 Å². The molecule has 8 heteroatoms. The fourth-order valence-corrected chi connectivity index (χ4v) is 3.65. The second-order valence-corrected chi connectivity index (χ2v) is 7.32. The predicted molar refractivity (Wildman–Crippen MR) is 112 cm³/mol. The minimum absolute atomic E-state index is 0.141. The van der Waals surface area contributed by atoms with E-state index in [0.29, 0.717) is 12.0 Å². The van der Waals surface area contributed by atoms with Crippen molar-refractivity contribution >= 4 is 12.0 Å². The Morgan fingerprint density at radius 3 is 2.42 bits per heavy atom. The highest BCUT2D eigenvalue weighted by molar-refractivity contribution is 5.90. The Labute approximate surface area is 180 Å². The lowest BCUT2D eigenvalue weighted by Gasteiger charge is -2.37. The maximum absolute atomic E-state index is 13.0. The molecule has 31 heavy (non-hydrogen) atoms. The van der Waals surface area contributed by atoms with E-state index in [-0.39, 0.29) is 32.6 Å². The van der Waals surface area contributed by atoms with Gasteiger partial charge in [0.05, 0.1) is 11.6 Å². The van der Waals surface area contributed by atoms with Gasteiger partial charge in [-0.2, -0.15) is 10.5 Å². The van der Waals surface area contributed by atoms with Crippen LogP contribution in [0.5, 0.6) is 0 Å². The van der Waals surface area contributed by atoms with Gasteiger partial charge in [0, 0.05) is 32.6 Å². The number of nitrogens with one attached hydrogen (secondary N) is 1. The standard InChI is InChI=1S/C23H22N4O4/c24-15-18-2-1-3-20(14-18)19-6-4-17(5-7-19)8-11-27(16-25)21(28)23(26-22(29)30)9-12-31-13-10-23/h1-7,14,26H,8-13H2,(H,29,30). The van der Waals surface area contributed by atoms with Crippen molar-refractivity contribution in [2.75, 3.05) is 19.8 Å². The highest BCUT2D eigenvalue weighted by Crippen LogP contribution is 2.24. The Morgan fingerprint density at radius 1 is 1.10 bits per heavy atom. The summed E-state index contributed by atoms with van der Waals surface area (Å²) in [5, 5.41) is 30.1. The Balaban J connectivity index is 1.68. The van der Waals surface area contributed by atoms with E-state index >= 15 is 0 Å². The van der Waals surface area contributed by atoms with Crippen molar-refractivity contribution in [3.63, 3.8) is 0 Å². The van der Waals surface area contributed by atoms with E-state index in [1.807, 2.05) is 48.7 Å². The summed E-state index contributed by atoms with van der Waals surface area (Å²) in [6.45, 7) is 0.641. The number of nitriles is 2. The molecule has 0 aliphatic carbocycles. The molecule has 1 aliphatic rings. The van der Waals surface area contributed by atoms with Crippen LogP contribution in [-0.4, -0.2) is 47.3 Å². The van der Waals surface area contributed by atoms with E-state index in [2.05, 4.69) is 11.4 Å². The van der Waals surface area contributed by atoms with E-state index in [1.54, 1.807) is 6.07 Å². The zero-order chi connectivity index (χ0) is 22.3. The average Bonchev–Trinajstić information content (AvgIpc) is 2.80. The minimum atomic E-state index is -1.34. The Bertz CT molecular complexity index is 1030. The number of ether oxygens (including phenoxy) is 1. The van der Waals surface area contributed by atoms with Gasteiger partial charge in [0.15, 0.2) is 6.19 Å². The Hall–Kier alpha value is -3.88. The van der Waals surface area contributed by atoms with Crippen molar-refractivity contribution in [3.05, 3.63) is 59.7 Å². The van der Waals surface area contributed by atoms with Gasteiger partial charge in [-0.25, -0.2) is 9.69 Å². The first-order valence-corrected chi connectivity index (χ1v) is 9.87. The molecule has 158 valence electrons. The second kappa shape index (κ2) is 9.75. The van der Waals surface area contributed by atoms with E-state index in [9.17, 15) is 20.0 Å².